The molecule has 0 rings (SSSR count). The molecule has 1 unspecified atom stereocenters. The number of rotatable bonds is 18. The first kappa shape index (κ1) is 23.6. The molecule has 0 radical (unpaired) electrons. The van der Waals surface area contributed by atoms with E-state index in [1.807, 2.05) is 6.08 Å². The average Bonchev–Trinajstić information content (AvgIpc) is 2.61. The summed E-state index contributed by atoms with van der Waals surface area (Å²) in [6.45, 7) is 14.6. The van der Waals surface area contributed by atoms with Crippen molar-refractivity contribution in [3.05, 3.63) is 12.7 Å². The third kappa shape index (κ3) is 9.80. The van der Waals surface area contributed by atoms with Gasteiger partial charge in [-0.2, -0.15) is 0 Å². The van der Waals surface area contributed by atoms with Gasteiger partial charge in [0.2, 0.25) is 0 Å². The Hall–Kier alpha value is -0.380. The Morgan fingerprint density at radius 2 is 1.17 bits per heavy atom. The van der Waals surface area contributed by atoms with Crippen LogP contribution in [0.3, 0.4) is 0 Å². The van der Waals surface area contributed by atoms with E-state index in [0.29, 0.717) is 19.8 Å². The van der Waals surface area contributed by atoms with Crippen LogP contribution in [0.15, 0.2) is 12.7 Å². The largest absolute Gasteiger partial charge is 0.327 e. The van der Waals surface area contributed by atoms with E-state index in [-0.39, 0.29) is 5.92 Å². The minimum absolute atomic E-state index is 0.0772. The lowest BCUT2D eigenvalue weighted by atomic mass is 9.97. The molecule has 0 saturated carbocycles. The summed E-state index contributed by atoms with van der Waals surface area (Å²) in [6, 6.07) is 0. The van der Waals surface area contributed by atoms with Crippen molar-refractivity contribution in [2.45, 2.75) is 97.9 Å². The van der Waals surface area contributed by atoms with Gasteiger partial charge in [0, 0.05) is 0 Å². The zero-order valence-electron chi connectivity index (χ0n) is 16.8. The van der Waals surface area contributed by atoms with Crippen molar-refractivity contribution in [1.82, 2.24) is 0 Å². The zero-order chi connectivity index (χ0) is 18.1. The molecule has 0 bridgehead atoms. The van der Waals surface area contributed by atoms with Crippen LogP contribution in [0.5, 0.6) is 0 Å². The molecule has 0 N–H and O–H groups in total. The van der Waals surface area contributed by atoms with Gasteiger partial charge < -0.3 is 14.2 Å². The minimum Gasteiger partial charge on any atom is -0.327 e. The van der Waals surface area contributed by atoms with Crippen molar-refractivity contribution in [3.8, 4) is 0 Å². The van der Waals surface area contributed by atoms with Gasteiger partial charge in [-0.1, -0.05) is 72.3 Å². The summed E-state index contributed by atoms with van der Waals surface area (Å²) >= 11 is 0. The standard InChI is InChI=1S/C21H42O3/c1-6-11-12-13-14-15-16-20(10-5)21(22-17-7-2,23-18-8-3)24-19-9-4/h10,20H,5-9,11-19H2,1-4H3. The van der Waals surface area contributed by atoms with Crippen LogP contribution >= 0.6 is 0 Å². The van der Waals surface area contributed by atoms with Crippen LogP contribution < -0.4 is 0 Å². The van der Waals surface area contributed by atoms with Crippen LogP contribution in [0.4, 0.5) is 0 Å². The molecule has 0 aromatic carbocycles. The molecule has 0 aliphatic heterocycles. The van der Waals surface area contributed by atoms with E-state index in [4.69, 9.17) is 14.2 Å². The molecule has 24 heavy (non-hydrogen) atoms. The van der Waals surface area contributed by atoms with Crippen LogP contribution in [0.25, 0.3) is 0 Å². The van der Waals surface area contributed by atoms with E-state index in [9.17, 15) is 0 Å². The van der Waals surface area contributed by atoms with Crippen molar-refractivity contribution in [2.75, 3.05) is 19.8 Å². The second kappa shape index (κ2) is 16.1. The molecular weight excluding hydrogens is 300 g/mol. The van der Waals surface area contributed by atoms with Crippen molar-refractivity contribution in [1.29, 1.82) is 0 Å². The van der Waals surface area contributed by atoms with Crippen LogP contribution in [-0.4, -0.2) is 25.8 Å². The fourth-order valence-electron chi connectivity index (χ4n) is 2.76. The number of hydrogen-bond acceptors (Lipinski definition) is 3. The Morgan fingerprint density at radius 3 is 1.58 bits per heavy atom. The SMILES string of the molecule is C=CC(CCCCCCCC)C(OCCC)(OCCC)OCCC. The molecule has 0 aromatic rings. The molecular formula is C21H42O3. The third-order valence-electron chi connectivity index (χ3n) is 4.13. The Balaban J connectivity index is 4.76. The van der Waals surface area contributed by atoms with Crippen LogP contribution in [0, 0.1) is 5.92 Å². The van der Waals surface area contributed by atoms with Crippen LogP contribution in [0.2, 0.25) is 0 Å². The lowest BCUT2D eigenvalue weighted by Crippen LogP contribution is -2.46. The van der Waals surface area contributed by atoms with E-state index in [2.05, 4.69) is 34.3 Å². The van der Waals surface area contributed by atoms with E-state index in [1.54, 1.807) is 0 Å². The summed E-state index contributed by atoms with van der Waals surface area (Å²) in [5.41, 5.74) is 0. The molecule has 0 aromatic heterocycles. The van der Waals surface area contributed by atoms with E-state index < -0.39 is 5.97 Å². The highest BCUT2D eigenvalue weighted by Crippen LogP contribution is 2.32. The van der Waals surface area contributed by atoms with Crippen LogP contribution in [0.1, 0.15) is 91.9 Å². The van der Waals surface area contributed by atoms with Crippen molar-refractivity contribution in [2.24, 2.45) is 5.92 Å². The molecule has 1 atom stereocenters. The minimum atomic E-state index is -0.951. The van der Waals surface area contributed by atoms with Crippen molar-refractivity contribution in [3.63, 3.8) is 0 Å². The molecule has 0 aliphatic carbocycles. The summed E-state index contributed by atoms with van der Waals surface area (Å²) in [6.07, 6.45) is 13.5. The first-order valence-electron chi connectivity index (χ1n) is 10.2. The van der Waals surface area contributed by atoms with Crippen molar-refractivity contribution < 1.29 is 14.2 Å². The Labute approximate surface area is 151 Å². The first-order valence-corrected chi connectivity index (χ1v) is 10.2. The zero-order valence-corrected chi connectivity index (χ0v) is 16.8. The van der Waals surface area contributed by atoms with Gasteiger partial charge >= 0.3 is 0 Å². The fraction of sp³-hybridized carbons (Fsp3) is 0.905. The highest BCUT2D eigenvalue weighted by atomic mass is 16.9. The van der Waals surface area contributed by atoms with Crippen LogP contribution in [-0.2, 0) is 14.2 Å². The molecule has 3 nitrogen and oxygen atoms in total. The highest BCUT2D eigenvalue weighted by Gasteiger charge is 2.40. The van der Waals surface area contributed by atoms with E-state index >= 15 is 0 Å². The van der Waals surface area contributed by atoms with Gasteiger partial charge in [0.25, 0.3) is 5.97 Å². The van der Waals surface area contributed by atoms with Crippen molar-refractivity contribution >= 4 is 0 Å². The predicted molar refractivity (Wildman–Crippen MR) is 103 cm³/mol. The molecule has 0 fully saturated rings. The summed E-state index contributed by atoms with van der Waals surface area (Å²) in [4.78, 5) is 0. The fourth-order valence-corrected chi connectivity index (χ4v) is 2.76. The Bertz CT molecular complexity index is 256. The summed E-state index contributed by atoms with van der Waals surface area (Å²) in [5.74, 6) is -0.874. The van der Waals surface area contributed by atoms with Gasteiger partial charge in [-0.15, -0.1) is 6.58 Å². The summed E-state index contributed by atoms with van der Waals surface area (Å²) < 4.78 is 18.3. The van der Waals surface area contributed by atoms with Gasteiger partial charge in [0.1, 0.15) is 0 Å². The van der Waals surface area contributed by atoms with Gasteiger partial charge in [0.15, 0.2) is 0 Å². The summed E-state index contributed by atoms with van der Waals surface area (Å²) in [7, 11) is 0. The Kier molecular flexibility index (Phi) is 15.9. The quantitative estimate of drug-likeness (QED) is 0.162. The average molecular weight is 343 g/mol. The second-order valence-electron chi connectivity index (χ2n) is 6.55. The number of hydrogen-bond donors (Lipinski definition) is 0. The molecule has 144 valence electrons. The molecule has 0 spiro atoms. The maximum Gasteiger partial charge on any atom is 0.289 e. The monoisotopic (exact) mass is 342 g/mol. The maximum absolute atomic E-state index is 6.12. The number of ether oxygens (including phenoxy) is 3. The van der Waals surface area contributed by atoms with Gasteiger partial charge in [-0.25, -0.2) is 0 Å². The molecule has 3 heteroatoms. The lowest BCUT2D eigenvalue weighted by molar-refractivity contribution is -0.399. The highest BCUT2D eigenvalue weighted by molar-refractivity contribution is 4.87. The topological polar surface area (TPSA) is 27.7 Å². The summed E-state index contributed by atoms with van der Waals surface area (Å²) in [5, 5.41) is 0. The smallest absolute Gasteiger partial charge is 0.289 e. The lowest BCUT2D eigenvalue weighted by Gasteiger charge is -2.38. The maximum atomic E-state index is 6.12. The van der Waals surface area contributed by atoms with E-state index in [0.717, 1.165) is 25.7 Å². The van der Waals surface area contributed by atoms with E-state index in [1.165, 1.54) is 38.5 Å². The predicted octanol–water partition coefficient (Wildman–Crippen LogP) is 6.47. The first-order chi connectivity index (χ1) is 11.7. The van der Waals surface area contributed by atoms with Gasteiger partial charge in [-0.05, 0) is 25.7 Å². The third-order valence-corrected chi connectivity index (χ3v) is 4.13. The second-order valence-corrected chi connectivity index (χ2v) is 6.55. The molecule has 0 saturated heterocycles. The molecule has 0 amide bonds. The van der Waals surface area contributed by atoms with Gasteiger partial charge in [-0.3, -0.25) is 0 Å². The molecule has 0 aliphatic rings. The molecule has 0 heterocycles. The normalized spacial score (nSPS) is 13.2. The number of unbranched alkanes of at least 4 members (excludes halogenated alkanes) is 5. The Morgan fingerprint density at radius 1 is 0.708 bits per heavy atom. The van der Waals surface area contributed by atoms with Gasteiger partial charge in [0.05, 0.1) is 25.7 Å².